The Kier molecular flexibility index (Phi) is 4.55. The van der Waals surface area contributed by atoms with E-state index in [1.807, 2.05) is 6.07 Å². The lowest BCUT2D eigenvalue weighted by Gasteiger charge is -2.19. The molecule has 1 N–H and O–H groups in total. The highest BCUT2D eigenvalue weighted by molar-refractivity contribution is 5.14. The molecule has 0 aromatic heterocycles. The van der Waals surface area contributed by atoms with Gasteiger partial charge in [-0.15, -0.1) is 0 Å². The summed E-state index contributed by atoms with van der Waals surface area (Å²) < 4.78 is 14.0. The first-order chi connectivity index (χ1) is 8.29. The number of hydrogen-bond acceptors (Lipinski definition) is 1. The molecule has 0 aliphatic heterocycles. The second kappa shape index (κ2) is 6.15. The topological polar surface area (TPSA) is 12.0 Å². The quantitative estimate of drug-likeness (QED) is 0.744. The first kappa shape index (κ1) is 12.6. The zero-order valence-electron chi connectivity index (χ0n) is 10.4. The molecule has 0 bridgehead atoms. The van der Waals surface area contributed by atoms with Crippen molar-refractivity contribution in [1.82, 2.24) is 5.32 Å². The lowest BCUT2D eigenvalue weighted by Crippen LogP contribution is -2.34. The van der Waals surface area contributed by atoms with Crippen molar-refractivity contribution in [1.29, 1.82) is 0 Å². The van der Waals surface area contributed by atoms with Gasteiger partial charge in [-0.2, -0.15) is 0 Å². The third-order valence-electron chi connectivity index (χ3n) is 3.60. The Labute approximate surface area is 103 Å². The van der Waals surface area contributed by atoms with Gasteiger partial charge in [0.05, 0.1) is 0 Å². The largest absolute Gasteiger partial charge is 0.314 e. The number of aryl methyl sites for hydroxylation is 1. The Bertz CT molecular complexity index is 317. The minimum atomic E-state index is -0.910. The third kappa shape index (κ3) is 4.12. The van der Waals surface area contributed by atoms with Crippen LogP contribution in [0.5, 0.6) is 0 Å². The van der Waals surface area contributed by atoms with Crippen molar-refractivity contribution in [3.63, 3.8) is 0 Å². The molecule has 1 aliphatic rings. The number of halogens is 1. The van der Waals surface area contributed by atoms with E-state index < -0.39 is 5.67 Å². The predicted molar refractivity (Wildman–Crippen MR) is 69.9 cm³/mol. The van der Waals surface area contributed by atoms with Gasteiger partial charge >= 0.3 is 0 Å². The van der Waals surface area contributed by atoms with Gasteiger partial charge in [0, 0.05) is 6.54 Å². The van der Waals surface area contributed by atoms with Crippen molar-refractivity contribution in [2.45, 2.75) is 44.2 Å². The predicted octanol–water partition coefficient (Wildman–Crippen LogP) is 3.49. The number of benzene rings is 1. The van der Waals surface area contributed by atoms with Crippen LogP contribution in [0.25, 0.3) is 0 Å². The van der Waals surface area contributed by atoms with E-state index in [0.29, 0.717) is 6.54 Å². The molecule has 17 heavy (non-hydrogen) atoms. The van der Waals surface area contributed by atoms with Crippen LogP contribution in [-0.2, 0) is 6.42 Å². The van der Waals surface area contributed by atoms with Crippen LogP contribution in [0.2, 0.25) is 0 Å². The van der Waals surface area contributed by atoms with E-state index in [4.69, 9.17) is 0 Å². The molecule has 1 saturated carbocycles. The molecule has 0 spiro atoms. The van der Waals surface area contributed by atoms with Gasteiger partial charge < -0.3 is 5.32 Å². The molecular formula is C15H22FN. The average Bonchev–Trinajstić information content (AvgIpc) is 2.77. The molecule has 1 fully saturated rings. The minimum absolute atomic E-state index is 0.543. The molecular weight excluding hydrogens is 213 g/mol. The summed E-state index contributed by atoms with van der Waals surface area (Å²) in [5, 5.41) is 3.26. The Morgan fingerprint density at radius 2 is 1.82 bits per heavy atom. The normalized spacial score (nSPS) is 18.4. The minimum Gasteiger partial charge on any atom is -0.314 e. The molecule has 0 unspecified atom stereocenters. The smallest absolute Gasteiger partial charge is 0.123 e. The highest BCUT2D eigenvalue weighted by Gasteiger charge is 2.32. The summed E-state index contributed by atoms with van der Waals surface area (Å²) in [5.74, 6) is 0. The highest BCUT2D eigenvalue weighted by Crippen LogP contribution is 2.32. The van der Waals surface area contributed by atoms with Gasteiger partial charge in [0.1, 0.15) is 5.67 Å². The lowest BCUT2D eigenvalue weighted by molar-refractivity contribution is 0.168. The molecule has 0 radical (unpaired) electrons. The van der Waals surface area contributed by atoms with E-state index in [-0.39, 0.29) is 0 Å². The van der Waals surface area contributed by atoms with Gasteiger partial charge in [-0.05, 0) is 37.8 Å². The van der Waals surface area contributed by atoms with E-state index >= 15 is 0 Å². The van der Waals surface area contributed by atoms with Crippen LogP contribution in [0.15, 0.2) is 30.3 Å². The van der Waals surface area contributed by atoms with Crippen molar-refractivity contribution in [3.05, 3.63) is 35.9 Å². The summed E-state index contributed by atoms with van der Waals surface area (Å²) in [6, 6.07) is 10.5. The van der Waals surface area contributed by atoms with Crippen molar-refractivity contribution >= 4 is 0 Å². The van der Waals surface area contributed by atoms with Crippen molar-refractivity contribution < 1.29 is 4.39 Å². The Morgan fingerprint density at radius 3 is 2.53 bits per heavy atom. The van der Waals surface area contributed by atoms with Crippen LogP contribution in [0, 0.1) is 0 Å². The summed E-state index contributed by atoms with van der Waals surface area (Å²) in [5.41, 5.74) is 0.456. The summed E-state index contributed by atoms with van der Waals surface area (Å²) in [4.78, 5) is 0. The van der Waals surface area contributed by atoms with E-state index in [1.165, 1.54) is 5.56 Å². The molecule has 2 rings (SSSR count). The lowest BCUT2D eigenvalue weighted by atomic mass is 10.0. The average molecular weight is 235 g/mol. The van der Waals surface area contributed by atoms with Gasteiger partial charge in [0.15, 0.2) is 0 Å². The number of nitrogens with one attached hydrogen (secondary N) is 1. The molecule has 0 heterocycles. The summed E-state index contributed by atoms with van der Waals surface area (Å²) in [6.07, 6.45) is 5.77. The molecule has 0 saturated heterocycles. The van der Waals surface area contributed by atoms with Gasteiger partial charge in [0.25, 0.3) is 0 Å². The van der Waals surface area contributed by atoms with Crippen molar-refractivity contribution in [2.24, 2.45) is 0 Å². The van der Waals surface area contributed by atoms with Crippen LogP contribution < -0.4 is 5.32 Å². The molecule has 2 heteroatoms. The second-order valence-corrected chi connectivity index (χ2v) is 5.12. The van der Waals surface area contributed by atoms with E-state index in [0.717, 1.165) is 45.1 Å². The molecule has 1 nitrogen and oxygen atoms in total. The fourth-order valence-corrected chi connectivity index (χ4v) is 2.56. The third-order valence-corrected chi connectivity index (χ3v) is 3.60. The SMILES string of the molecule is FC1(CNCCCc2ccccc2)CCCC1. The van der Waals surface area contributed by atoms with E-state index in [2.05, 4.69) is 29.6 Å². The van der Waals surface area contributed by atoms with Crippen LogP contribution >= 0.6 is 0 Å². The number of hydrogen-bond donors (Lipinski definition) is 1. The fraction of sp³-hybridized carbons (Fsp3) is 0.600. The van der Waals surface area contributed by atoms with Crippen molar-refractivity contribution in [2.75, 3.05) is 13.1 Å². The standard InChI is InChI=1S/C15H22FN/c16-15(10-4-5-11-15)13-17-12-6-9-14-7-2-1-3-8-14/h1-3,7-8,17H,4-6,9-13H2. The first-order valence-electron chi connectivity index (χ1n) is 6.72. The molecule has 0 atom stereocenters. The summed E-state index contributed by atoms with van der Waals surface area (Å²) in [7, 11) is 0. The van der Waals surface area contributed by atoms with Crippen molar-refractivity contribution in [3.8, 4) is 0 Å². The number of rotatable bonds is 6. The zero-order valence-corrected chi connectivity index (χ0v) is 10.4. The van der Waals surface area contributed by atoms with Gasteiger partial charge in [-0.25, -0.2) is 4.39 Å². The van der Waals surface area contributed by atoms with E-state index in [1.54, 1.807) is 0 Å². The molecule has 1 aromatic rings. The highest BCUT2D eigenvalue weighted by atomic mass is 19.1. The molecule has 1 aliphatic carbocycles. The van der Waals surface area contributed by atoms with Crippen LogP contribution in [0.3, 0.4) is 0 Å². The summed E-state index contributed by atoms with van der Waals surface area (Å²) >= 11 is 0. The van der Waals surface area contributed by atoms with Gasteiger partial charge in [-0.1, -0.05) is 43.2 Å². The zero-order chi connectivity index (χ0) is 12.0. The fourth-order valence-electron chi connectivity index (χ4n) is 2.56. The Balaban J connectivity index is 1.58. The summed E-state index contributed by atoms with van der Waals surface area (Å²) in [6.45, 7) is 1.46. The van der Waals surface area contributed by atoms with Crippen LogP contribution in [0.1, 0.15) is 37.7 Å². The molecule has 1 aromatic carbocycles. The monoisotopic (exact) mass is 235 g/mol. The maximum Gasteiger partial charge on any atom is 0.123 e. The molecule has 0 amide bonds. The Morgan fingerprint density at radius 1 is 1.12 bits per heavy atom. The second-order valence-electron chi connectivity index (χ2n) is 5.12. The van der Waals surface area contributed by atoms with Crippen LogP contribution in [0.4, 0.5) is 4.39 Å². The number of alkyl halides is 1. The molecule has 94 valence electrons. The first-order valence-corrected chi connectivity index (χ1v) is 6.72. The Hall–Kier alpha value is -0.890. The maximum absolute atomic E-state index is 14.0. The van der Waals surface area contributed by atoms with Gasteiger partial charge in [-0.3, -0.25) is 0 Å². The maximum atomic E-state index is 14.0. The van der Waals surface area contributed by atoms with E-state index in [9.17, 15) is 4.39 Å². The van der Waals surface area contributed by atoms with Gasteiger partial charge in [0.2, 0.25) is 0 Å². The van der Waals surface area contributed by atoms with Crippen LogP contribution in [-0.4, -0.2) is 18.8 Å².